The van der Waals surface area contributed by atoms with E-state index in [1.165, 1.54) is 11.1 Å². The first-order valence-corrected chi connectivity index (χ1v) is 7.91. The Kier molecular flexibility index (Phi) is 5.73. The Bertz CT molecular complexity index is 399. The molecule has 3 nitrogen and oxygen atoms in total. The third-order valence-electron chi connectivity index (χ3n) is 3.17. The van der Waals surface area contributed by atoms with Crippen LogP contribution in [-0.4, -0.2) is 30.9 Å². The van der Waals surface area contributed by atoms with Crippen molar-refractivity contribution >= 4 is 17.7 Å². The van der Waals surface area contributed by atoms with Gasteiger partial charge in [-0.2, -0.15) is 0 Å². The third kappa shape index (κ3) is 5.25. The monoisotopic (exact) mass is 279 g/mol. The molecule has 1 aliphatic rings. The van der Waals surface area contributed by atoms with Crippen molar-refractivity contribution in [3.63, 3.8) is 0 Å². The van der Waals surface area contributed by atoms with E-state index >= 15 is 0 Å². The zero-order chi connectivity index (χ0) is 13.5. The Morgan fingerprint density at radius 1 is 1.42 bits per heavy atom. The largest absolute Gasteiger partial charge is 0.376 e. The molecule has 1 N–H and O–H groups in total. The standard InChI is InChI=1S/C15H21NO2S/c1-12-4-6-13(7-5-12)10-19-11-15(17)16-9-14-3-2-8-18-14/h4-7,14H,2-3,8-11H2,1H3,(H,16,17)/t14-/m0/s1. The number of benzene rings is 1. The number of aryl methyl sites for hydroxylation is 1. The zero-order valence-corrected chi connectivity index (χ0v) is 12.2. The van der Waals surface area contributed by atoms with Crippen LogP contribution in [0.1, 0.15) is 24.0 Å². The van der Waals surface area contributed by atoms with Gasteiger partial charge in [-0.1, -0.05) is 29.8 Å². The van der Waals surface area contributed by atoms with Crippen molar-refractivity contribution in [3.8, 4) is 0 Å². The van der Waals surface area contributed by atoms with Gasteiger partial charge in [-0.3, -0.25) is 4.79 Å². The molecule has 0 unspecified atom stereocenters. The quantitative estimate of drug-likeness (QED) is 0.869. The van der Waals surface area contributed by atoms with Crippen LogP contribution in [0.2, 0.25) is 0 Å². The molecular weight excluding hydrogens is 258 g/mol. The van der Waals surface area contributed by atoms with Crippen molar-refractivity contribution in [1.29, 1.82) is 0 Å². The Balaban J connectivity index is 1.59. The van der Waals surface area contributed by atoms with Gasteiger partial charge in [-0.15, -0.1) is 11.8 Å². The average Bonchev–Trinajstić information content (AvgIpc) is 2.92. The first kappa shape index (κ1) is 14.4. The molecule has 1 amide bonds. The van der Waals surface area contributed by atoms with Crippen LogP contribution >= 0.6 is 11.8 Å². The van der Waals surface area contributed by atoms with Crippen LogP contribution in [0.25, 0.3) is 0 Å². The minimum absolute atomic E-state index is 0.104. The normalized spacial score (nSPS) is 18.5. The molecule has 0 aliphatic carbocycles. The number of nitrogens with one attached hydrogen (secondary N) is 1. The maximum atomic E-state index is 11.7. The number of rotatable bonds is 6. The molecule has 1 atom stereocenters. The van der Waals surface area contributed by atoms with Crippen LogP contribution in [0.4, 0.5) is 0 Å². The molecule has 0 spiro atoms. The van der Waals surface area contributed by atoms with E-state index in [4.69, 9.17) is 4.74 Å². The van der Waals surface area contributed by atoms with Crippen LogP contribution in [0.3, 0.4) is 0 Å². The second-order valence-corrected chi connectivity index (χ2v) is 5.90. The number of carbonyl (C=O) groups is 1. The number of hydrogen-bond donors (Lipinski definition) is 1. The van der Waals surface area contributed by atoms with Crippen molar-refractivity contribution in [2.24, 2.45) is 0 Å². The molecule has 0 saturated carbocycles. The summed E-state index contributed by atoms with van der Waals surface area (Å²) in [7, 11) is 0. The fourth-order valence-corrected chi connectivity index (χ4v) is 2.85. The van der Waals surface area contributed by atoms with Gasteiger partial charge in [0.2, 0.25) is 5.91 Å². The van der Waals surface area contributed by atoms with Crippen LogP contribution in [0.15, 0.2) is 24.3 Å². The molecule has 1 saturated heterocycles. The first-order chi connectivity index (χ1) is 9.24. The lowest BCUT2D eigenvalue weighted by atomic mass is 10.2. The molecule has 1 aromatic carbocycles. The van der Waals surface area contributed by atoms with Crippen molar-refractivity contribution in [2.75, 3.05) is 18.9 Å². The number of thioether (sulfide) groups is 1. The average molecular weight is 279 g/mol. The molecule has 1 fully saturated rings. The van der Waals surface area contributed by atoms with Crippen molar-refractivity contribution in [3.05, 3.63) is 35.4 Å². The van der Waals surface area contributed by atoms with E-state index in [9.17, 15) is 4.79 Å². The molecule has 0 radical (unpaired) electrons. The van der Waals surface area contributed by atoms with Crippen LogP contribution in [0.5, 0.6) is 0 Å². The molecule has 4 heteroatoms. The summed E-state index contributed by atoms with van der Waals surface area (Å²) < 4.78 is 5.47. The van der Waals surface area contributed by atoms with E-state index in [-0.39, 0.29) is 12.0 Å². The van der Waals surface area contributed by atoms with E-state index in [0.29, 0.717) is 12.3 Å². The highest BCUT2D eigenvalue weighted by molar-refractivity contribution is 7.99. The lowest BCUT2D eigenvalue weighted by molar-refractivity contribution is -0.119. The van der Waals surface area contributed by atoms with Gasteiger partial charge in [0.25, 0.3) is 0 Å². The predicted octanol–water partition coefficient (Wildman–Crippen LogP) is 2.52. The Labute approximate surface area is 119 Å². The van der Waals surface area contributed by atoms with Gasteiger partial charge in [0.05, 0.1) is 11.9 Å². The lowest BCUT2D eigenvalue weighted by Crippen LogP contribution is -2.32. The van der Waals surface area contributed by atoms with Crippen molar-refractivity contribution in [1.82, 2.24) is 5.32 Å². The second-order valence-electron chi connectivity index (χ2n) is 4.92. The number of hydrogen-bond acceptors (Lipinski definition) is 3. The minimum Gasteiger partial charge on any atom is -0.376 e. The molecule has 0 aromatic heterocycles. The first-order valence-electron chi connectivity index (χ1n) is 6.75. The smallest absolute Gasteiger partial charge is 0.230 e. The minimum atomic E-state index is 0.104. The van der Waals surface area contributed by atoms with Gasteiger partial charge in [0.1, 0.15) is 0 Å². The third-order valence-corrected chi connectivity index (χ3v) is 4.18. The SMILES string of the molecule is Cc1ccc(CSCC(=O)NC[C@@H]2CCCO2)cc1. The summed E-state index contributed by atoms with van der Waals surface area (Å²) in [6.45, 7) is 3.57. The predicted molar refractivity (Wildman–Crippen MR) is 79.3 cm³/mol. The topological polar surface area (TPSA) is 38.3 Å². The van der Waals surface area contributed by atoms with E-state index in [2.05, 4.69) is 36.5 Å². The summed E-state index contributed by atoms with van der Waals surface area (Å²) >= 11 is 1.65. The van der Waals surface area contributed by atoms with Gasteiger partial charge < -0.3 is 10.1 Å². The second kappa shape index (κ2) is 7.56. The summed E-state index contributed by atoms with van der Waals surface area (Å²) in [5.74, 6) is 1.50. The molecule has 104 valence electrons. The summed E-state index contributed by atoms with van der Waals surface area (Å²) in [4.78, 5) is 11.7. The van der Waals surface area contributed by atoms with Gasteiger partial charge >= 0.3 is 0 Å². The van der Waals surface area contributed by atoms with E-state index < -0.39 is 0 Å². The van der Waals surface area contributed by atoms with Crippen molar-refractivity contribution in [2.45, 2.75) is 31.6 Å². The molecule has 2 rings (SSSR count). The van der Waals surface area contributed by atoms with E-state index in [1.54, 1.807) is 11.8 Å². The molecule has 1 aliphatic heterocycles. The summed E-state index contributed by atoms with van der Waals surface area (Å²) in [6.07, 6.45) is 2.41. The van der Waals surface area contributed by atoms with Gasteiger partial charge in [-0.25, -0.2) is 0 Å². The highest BCUT2D eigenvalue weighted by Crippen LogP contribution is 2.13. The van der Waals surface area contributed by atoms with Gasteiger partial charge in [0.15, 0.2) is 0 Å². The number of amides is 1. The summed E-state index contributed by atoms with van der Waals surface area (Å²) in [5, 5.41) is 2.94. The Morgan fingerprint density at radius 3 is 2.89 bits per heavy atom. The van der Waals surface area contributed by atoms with E-state index in [1.807, 2.05) is 0 Å². The molecule has 1 heterocycles. The molecule has 19 heavy (non-hydrogen) atoms. The number of carbonyl (C=O) groups excluding carboxylic acids is 1. The highest BCUT2D eigenvalue weighted by atomic mass is 32.2. The van der Waals surface area contributed by atoms with Crippen LogP contribution in [-0.2, 0) is 15.3 Å². The maximum absolute atomic E-state index is 11.7. The molecule has 0 bridgehead atoms. The molecular formula is C15H21NO2S. The van der Waals surface area contributed by atoms with Gasteiger partial charge in [0, 0.05) is 18.9 Å². The Morgan fingerprint density at radius 2 is 2.21 bits per heavy atom. The van der Waals surface area contributed by atoms with Gasteiger partial charge in [-0.05, 0) is 25.3 Å². The van der Waals surface area contributed by atoms with E-state index in [0.717, 1.165) is 25.2 Å². The fraction of sp³-hybridized carbons (Fsp3) is 0.533. The number of ether oxygens (including phenoxy) is 1. The lowest BCUT2D eigenvalue weighted by Gasteiger charge is -2.10. The fourth-order valence-electron chi connectivity index (χ4n) is 2.03. The highest BCUT2D eigenvalue weighted by Gasteiger charge is 2.15. The maximum Gasteiger partial charge on any atom is 0.230 e. The summed E-state index contributed by atoms with van der Waals surface area (Å²) in [6, 6.07) is 8.44. The Hall–Kier alpha value is -1.00. The molecule has 1 aromatic rings. The van der Waals surface area contributed by atoms with Crippen LogP contribution in [0, 0.1) is 6.92 Å². The zero-order valence-electron chi connectivity index (χ0n) is 11.4. The van der Waals surface area contributed by atoms with Crippen LogP contribution < -0.4 is 5.32 Å². The summed E-state index contributed by atoms with van der Waals surface area (Å²) in [5.41, 5.74) is 2.53. The van der Waals surface area contributed by atoms with Crippen molar-refractivity contribution < 1.29 is 9.53 Å².